The molecule has 3 N–H and O–H groups in total. The van der Waals surface area contributed by atoms with E-state index in [-0.39, 0.29) is 30.7 Å². The molecule has 0 atom stereocenters. The molecule has 0 fully saturated rings. The van der Waals surface area contributed by atoms with Gasteiger partial charge in [-0.15, -0.1) is 36.6 Å². The fourth-order valence-electron chi connectivity index (χ4n) is 2.02. The number of thioether (sulfide) groups is 1. The van der Waals surface area contributed by atoms with Gasteiger partial charge in [0.15, 0.2) is 0 Å². The van der Waals surface area contributed by atoms with E-state index in [1.54, 1.807) is 11.8 Å². The lowest BCUT2D eigenvalue weighted by atomic mass is 10.3. The van der Waals surface area contributed by atoms with Crippen LogP contribution in [-0.2, 0) is 10.5 Å². The molecule has 2 aromatic rings. The molecule has 0 aliphatic rings. The lowest BCUT2D eigenvalue weighted by molar-refractivity contribution is -0.118. The zero-order valence-corrected chi connectivity index (χ0v) is 15.6. The van der Waals surface area contributed by atoms with Gasteiger partial charge in [-0.2, -0.15) is 0 Å². The van der Waals surface area contributed by atoms with Crippen molar-refractivity contribution >= 4 is 48.1 Å². The summed E-state index contributed by atoms with van der Waals surface area (Å²) in [7, 11) is 0. The Morgan fingerprint density at radius 1 is 1.30 bits per heavy atom. The number of unbranched alkanes of at least 4 members (excludes halogenated alkanes) is 1. The van der Waals surface area contributed by atoms with Crippen LogP contribution in [0.5, 0.6) is 0 Å². The van der Waals surface area contributed by atoms with Gasteiger partial charge in [0, 0.05) is 24.7 Å². The lowest BCUT2D eigenvalue weighted by Crippen LogP contribution is -2.26. The zero-order chi connectivity index (χ0) is 15.1. The van der Waals surface area contributed by atoms with E-state index in [0.29, 0.717) is 18.8 Å². The number of carbonyl (C=O) groups excluding carboxylic acids is 1. The topological polar surface area (TPSA) is 72.4 Å². The van der Waals surface area contributed by atoms with Crippen LogP contribution in [0.4, 0.5) is 0 Å². The second-order valence-corrected chi connectivity index (χ2v) is 6.03. The van der Waals surface area contributed by atoms with E-state index in [9.17, 15) is 4.79 Å². The molecule has 8 heteroatoms. The highest BCUT2D eigenvalue weighted by molar-refractivity contribution is 7.99. The Balaban J connectivity index is 0.00000242. The molecule has 0 unspecified atom stereocenters. The zero-order valence-electron chi connectivity index (χ0n) is 13.2. The van der Waals surface area contributed by atoms with E-state index in [1.165, 1.54) is 5.56 Å². The number of rotatable bonds is 8. The monoisotopic (exact) mass is 378 g/mol. The number of imidazole rings is 1. The minimum atomic E-state index is 0. The molecule has 0 spiro atoms. The van der Waals surface area contributed by atoms with Crippen LogP contribution in [-0.4, -0.2) is 34.1 Å². The standard InChI is InChI=1S/C15H22N4OS.2ClH/c1-12-4-5-14-18-13(9-19(14)8-12)10-21-11-15(20)17-7-3-2-6-16;;/h4-5,8-9H,2-3,6-7,10-11,16H2,1H3,(H,17,20);2*1H. The number of carbonyl (C=O) groups is 1. The molecule has 130 valence electrons. The number of nitrogens with one attached hydrogen (secondary N) is 1. The molecule has 0 aromatic carbocycles. The fraction of sp³-hybridized carbons (Fsp3) is 0.467. The Kier molecular flexibility index (Phi) is 11.1. The number of hydrogen-bond donors (Lipinski definition) is 2. The van der Waals surface area contributed by atoms with Crippen molar-refractivity contribution in [2.24, 2.45) is 5.73 Å². The maximum absolute atomic E-state index is 11.6. The number of nitrogens with zero attached hydrogens (tertiary/aromatic N) is 2. The van der Waals surface area contributed by atoms with Crippen molar-refractivity contribution in [3.8, 4) is 0 Å². The first kappa shape index (κ1) is 22.1. The molecule has 0 aliphatic heterocycles. The van der Waals surface area contributed by atoms with Gasteiger partial charge in [-0.25, -0.2) is 4.98 Å². The summed E-state index contributed by atoms with van der Waals surface area (Å²) in [6.45, 7) is 3.45. The molecule has 2 aromatic heterocycles. The summed E-state index contributed by atoms with van der Waals surface area (Å²) in [5, 5.41) is 2.90. The third kappa shape index (κ3) is 7.44. The van der Waals surface area contributed by atoms with Gasteiger partial charge < -0.3 is 15.5 Å². The molecule has 0 radical (unpaired) electrons. The van der Waals surface area contributed by atoms with Crippen LogP contribution in [0, 0.1) is 6.92 Å². The molecular formula is C15H24Cl2N4OS. The number of amides is 1. The van der Waals surface area contributed by atoms with E-state index in [1.807, 2.05) is 22.7 Å². The summed E-state index contributed by atoms with van der Waals surface area (Å²) in [6, 6.07) is 4.06. The average Bonchev–Trinajstić information content (AvgIpc) is 2.85. The number of hydrogen-bond acceptors (Lipinski definition) is 4. The van der Waals surface area contributed by atoms with Crippen molar-refractivity contribution in [1.29, 1.82) is 0 Å². The normalized spacial score (nSPS) is 10.0. The summed E-state index contributed by atoms with van der Waals surface area (Å²) in [5.74, 6) is 1.29. The molecule has 2 heterocycles. The first-order chi connectivity index (χ1) is 10.2. The number of nitrogens with two attached hydrogens (primary N) is 1. The van der Waals surface area contributed by atoms with Crippen molar-refractivity contribution in [3.63, 3.8) is 0 Å². The number of aromatic nitrogens is 2. The predicted octanol–water partition coefficient (Wildman–Crippen LogP) is 2.57. The third-order valence-electron chi connectivity index (χ3n) is 3.08. The Morgan fingerprint density at radius 3 is 2.83 bits per heavy atom. The molecule has 0 saturated heterocycles. The van der Waals surface area contributed by atoms with Gasteiger partial charge in [-0.05, 0) is 37.9 Å². The van der Waals surface area contributed by atoms with Crippen LogP contribution < -0.4 is 11.1 Å². The number of aryl methyl sites for hydroxylation is 1. The highest BCUT2D eigenvalue weighted by Gasteiger charge is 2.04. The Morgan fingerprint density at radius 2 is 2.09 bits per heavy atom. The van der Waals surface area contributed by atoms with Gasteiger partial charge in [0.05, 0.1) is 11.4 Å². The SMILES string of the molecule is Cc1ccc2nc(CSCC(=O)NCCCCN)cn2c1.Cl.Cl. The molecule has 5 nitrogen and oxygen atoms in total. The largest absolute Gasteiger partial charge is 0.355 e. The maximum Gasteiger partial charge on any atom is 0.230 e. The van der Waals surface area contributed by atoms with Crippen LogP contribution in [0.2, 0.25) is 0 Å². The van der Waals surface area contributed by atoms with Gasteiger partial charge in [-0.3, -0.25) is 4.79 Å². The van der Waals surface area contributed by atoms with Gasteiger partial charge >= 0.3 is 0 Å². The van der Waals surface area contributed by atoms with Crippen LogP contribution in [0.25, 0.3) is 5.65 Å². The smallest absolute Gasteiger partial charge is 0.230 e. The fourth-order valence-corrected chi connectivity index (χ4v) is 2.76. The molecule has 0 bridgehead atoms. The molecular weight excluding hydrogens is 355 g/mol. The van der Waals surface area contributed by atoms with E-state index in [0.717, 1.165) is 29.9 Å². The van der Waals surface area contributed by atoms with E-state index >= 15 is 0 Å². The predicted molar refractivity (Wildman–Crippen MR) is 102 cm³/mol. The van der Waals surface area contributed by atoms with Crippen LogP contribution >= 0.6 is 36.6 Å². The van der Waals surface area contributed by atoms with Gasteiger partial charge in [-0.1, -0.05) is 6.07 Å². The van der Waals surface area contributed by atoms with Gasteiger partial charge in [0.2, 0.25) is 5.91 Å². The minimum Gasteiger partial charge on any atom is -0.355 e. The van der Waals surface area contributed by atoms with E-state index in [2.05, 4.69) is 23.4 Å². The number of halogens is 2. The van der Waals surface area contributed by atoms with Crippen molar-refractivity contribution < 1.29 is 4.79 Å². The van der Waals surface area contributed by atoms with E-state index < -0.39 is 0 Å². The van der Waals surface area contributed by atoms with Crippen molar-refractivity contribution in [2.75, 3.05) is 18.8 Å². The minimum absolute atomic E-state index is 0. The molecule has 0 saturated carbocycles. The van der Waals surface area contributed by atoms with E-state index in [4.69, 9.17) is 5.73 Å². The van der Waals surface area contributed by atoms with Crippen LogP contribution in [0.1, 0.15) is 24.1 Å². The third-order valence-corrected chi connectivity index (χ3v) is 4.05. The van der Waals surface area contributed by atoms with Crippen molar-refractivity contribution in [2.45, 2.75) is 25.5 Å². The second kappa shape index (κ2) is 11.6. The summed E-state index contributed by atoms with van der Waals surface area (Å²) < 4.78 is 2.03. The average molecular weight is 379 g/mol. The molecule has 1 amide bonds. The van der Waals surface area contributed by atoms with Crippen LogP contribution in [0.3, 0.4) is 0 Å². The Labute approximate surface area is 153 Å². The van der Waals surface area contributed by atoms with Crippen molar-refractivity contribution in [3.05, 3.63) is 35.8 Å². The van der Waals surface area contributed by atoms with Gasteiger partial charge in [0.1, 0.15) is 5.65 Å². The summed E-state index contributed by atoms with van der Waals surface area (Å²) in [6.07, 6.45) is 5.97. The maximum atomic E-state index is 11.6. The Bertz CT molecular complexity index is 606. The first-order valence-electron chi connectivity index (χ1n) is 7.18. The number of fused-ring (bicyclic) bond motifs is 1. The summed E-state index contributed by atoms with van der Waals surface area (Å²) in [5.41, 5.74) is 8.56. The molecule has 0 aliphatic carbocycles. The van der Waals surface area contributed by atoms with Crippen molar-refractivity contribution in [1.82, 2.24) is 14.7 Å². The second-order valence-electron chi connectivity index (χ2n) is 5.04. The highest BCUT2D eigenvalue weighted by Crippen LogP contribution is 2.13. The van der Waals surface area contributed by atoms with Gasteiger partial charge in [0.25, 0.3) is 0 Å². The van der Waals surface area contributed by atoms with Crippen LogP contribution in [0.15, 0.2) is 24.5 Å². The Hall–Kier alpha value is -0.950. The molecule has 23 heavy (non-hydrogen) atoms. The first-order valence-corrected chi connectivity index (χ1v) is 8.33. The summed E-state index contributed by atoms with van der Waals surface area (Å²) in [4.78, 5) is 16.2. The number of pyridine rings is 1. The molecule has 2 rings (SSSR count). The summed E-state index contributed by atoms with van der Waals surface area (Å²) >= 11 is 1.59. The highest BCUT2D eigenvalue weighted by atomic mass is 35.5. The quantitative estimate of drug-likeness (QED) is 0.692. The lowest BCUT2D eigenvalue weighted by Gasteiger charge is -2.03.